The minimum atomic E-state index is -0.614. The van der Waals surface area contributed by atoms with Gasteiger partial charge in [-0.2, -0.15) is 0 Å². The van der Waals surface area contributed by atoms with Crippen LogP contribution in [0.25, 0.3) is 11.1 Å². The molecule has 0 spiro atoms. The molecule has 1 saturated heterocycles. The second kappa shape index (κ2) is 15.9. The van der Waals surface area contributed by atoms with Gasteiger partial charge in [0.1, 0.15) is 12.9 Å². The van der Waals surface area contributed by atoms with Crippen molar-refractivity contribution < 1.29 is 28.9 Å². The lowest BCUT2D eigenvalue weighted by Gasteiger charge is -2.41. The average molecular weight is 646 g/mol. The number of ether oxygens (including phenoxy) is 3. The molecule has 1 fully saturated rings. The van der Waals surface area contributed by atoms with Crippen LogP contribution >= 0.6 is 11.8 Å². The summed E-state index contributed by atoms with van der Waals surface area (Å²) in [6.45, 7) is 4.19. The van der Waals surface area contributed by atoms with Gasteiger partial charge in [-0.3, -0.25) is 4.79 Å². The number of aryl methyl sites for hydroxylation is 1. The van der Waals surface area contributed by atoms with E-state index in [2.05, 4.69) is 33.8 Å². The molecular weight excluding hydrogens is 606 g/mol. The number of aliphatic hydroxyl groups excluding tert-OH is 1. The topological polar surface area (TPSA) is 137 Å². The van der Waals surface area contributed by atoms with E-state index in [0.717, 1.165) is 38.5 Å². The number of amides is 2. The average Bonchev–Trinajstić information content (AvgIpc) is 3.50. The monoisotopic (exact) mass is 645 g/mol. The number of aliphatic hydroxyl groups is 1. The van der Waals surface area contributed by atoms with E-state index in [9.17, 15) is 14.7 Å². The molecule has 12 heteroatoms. The Bertz CT molecular complexity index is 1610. The van der Waals surface area contributed by atoms with Crippen molar-refractivity contribution in [3.05, 3.63) is 101 Å². The molecule has 2 heterocycles. The number of carbonyl (C=O) groups excluding carboxylic acids is 2. The van der Waals surface area contributed by atoms with Crippen molar-refractivity contribution in [1.29, 1.82) is 0 Å². The lowest BCUT2D eigenvalue weighted by atomic mass is 9.91. The highest BCUT2D eigenvalue weighted by molar-refractivity contribution is 7.99. The molecule has 3 N–H and O–H groups in total. The Kier molecular flexibility index (Phi) is 11.4. The van der Waals surface area contributed by atoms with Crippen LogP contribution < -0.4 is 10.6 Å². The van der Waals surface area contributed by atoms with E-state index in [1.54, 1.807) is 25.0 Å². The van der Waals surface area contributed by atoms with Gasteiger partial charge < -0.3 is 34.5 Å². The summed E-state index contributed by atoms with van der Waals surface area (Å²) in [6, 6.07) is 23.4. The molecule has 242 valence electrons. The number of nitrogens with one attached hydrogen (secondary N) is 2. The number of hydrogen-bond donors (Lipinski definition) is 3. The first-order chi connectivity index (χ1) is 22.3. The maximum atomic E-state index is 12.2. The number of hydrogen-bond acceptors (Lipinski definition) is 9. The van der Waals surface area contributed by atoms with Crippen LogP contribution in [0, 0.1) is 5.92 Å². The lowest BCUT2D eigenvalue weighted by Crippen LogP contribution is -2.38. The summed E-state index contributed by atoms with van der Waals surface area (Å²) in [5.74, 6) is 0.223. The molecular formula is C34H39N5O6S. The van der Waals surface area contributed by atoms with Gasteiger partial charge in [-0.1, -0.05) is 79.3 Å². The summed E-state index contributed by atoms with van der Waals surface area (Å²) in [5, 5.41) is 23.9. The molecule has 0 radical (unpaired) electrons. The van der Waals surface area contributed by atoms with Gasteiger partial charge in [-0.15, -0.1) is 10.2 Å². The van der Waals surface area contributed by atoms with Gasteiger partial charge >= 0.3 is 12.0 Å². The molecule has 0 aliphatic carbocycles. The summed E-state index contributed by atoms with van der Waals surface area (Å²) in [4.78, 5) is 23.7. The predicted molar refractivity (Wildman–Crippen MR) is 173 cm³/mol. The third-order valence-electron chi connectivity index (χ3n) is 7.74. The second-order valence-corrected chi connectivity index (χ2v) is 12.0. The van der Waals surface area contributed by atoms with Gasteiger partial charge in [-0.05, 0) is 46.9 Å². The van der Waals surface area contributed by atoms with Crippen molar-refractivity contribution in [2.75, 3.05) is 18.9 Å². The Balaban J connectivity index is 1.32. The molecule has 4 aromatic rings. The number of aromatic nitrogens is 3. The zero-order chi connectivity index (χ0) is 32.5. The molecule has 0 bridgehead atoms. The number of carbonyl (C=O) groups is 2. The van der Waals surface area contributed by atoms with Crippen LogP contribution in [0.15, 0.2) is 84.3 Å². The summed E-state index contributed by atoms with van der Waals surface area (Å²) in [6.07, 6.45) is 0.694. The van der Waals surface area contributed by atoms with E-state index in [4.69, 9.17) is 14.2 Å². The molecule has 1 aromatic heterocycles. The van der Waals surface area contributed by atoms with Crippen LogP contribution in [-0.2, 0) is 39.2 Å². The van der Waals surface area contributed by atoms with Crippen molar-refractivity contribution >= 4 is 23.8 Å². The highest BCUT2D eigenvalue weighted by Crippen LogP contribution is 2.43. The molecule has 4 atom stereocenters. The highest BCUT2D eigenvalue weighted by Gasteiger charge is 2.38. The normalized spacial score (nSPS) is 19.4. The molecule has 0 unspecified atom stereocenters. The molecule has 11 nitrogen and oxygen atoms in total. The minimum absolute atomic E-state index is 0.0171. The maximum absolute atomic E-state index is 12.2. The molecule has 5 rings (SSSR count). The van der Waals surface area contributed by atoms with E-state index < -0.39 is 18.3 Å². The van der Waals surface area contributed by atoms with Crippen molar-refractivity contribution in [3.8, 4) is 11.1 Å². The lowest BCUT2D eigenvalue weighted by molar-refractivity contribution is -0.268. The minimum Gasteiger partial charge on any atom is -0.465 e. The van der Waals surface area contributed by atoms with Gasteiger partial charge in [0.25, 0.3) is 0 Å². The Morgan fingerprint density at radius 2 is 1.74 bits per heavy atom. The Hall–Kier alpha value is -4.23. The molecule has 1 aliphatic rings. The summed E-state index contributed by atoms with van der Waals surface area (Å²) in [7, 11) is 1.92. The summed E-state index contributed by atoms with van der Waals surface area (Å²) >= 11 is 1.60. The highest BCUT2D eigenvalue weighted by atomic mass is 32.2. The van der Waals surface area contributed by atoms with Crippen molar-refractivity contribution in [2.45, 2.75) is 50.7 Å². The van der Waals surface area contributed by atoms with Crippen LogP contribution in [0.1, 0.15) is 48.5 Å². The van der Waals surface area contributed by atoms with E-state index in [-0.39, 0.29) is 44.4 Å². The fourth-order valence-corrected chi connectivity index (χ4v) is 6.26. The Morgan fingerprint density at radius 3 is 2.46 bits per heavy atom. The van der Waals surface area contributed by atoms with Gasteiger partial charge in [-0.25, -0.2) is 4.79 Å². The van der Waals surface area contributed by atoms with Crippen molar-refractivity contribution in [2.24, 2.45) is 13.0 Å². The Morgan fingerprint density at radius 1 is 0.978 bits per heavy atom. The number of nitrogens with zero attached hydrogens (tertiary/aromatic N) is 3. The fraction of sp³-hybridized carbons (Fsp3) is 0.353. The smallest absolute Gasteiger partial charge is 0.325 e. The van der Waals surface area contributed by atoms with E-state index in [0.29, 0.717) is 5.75 Å². The number of benzene rings is 3. The first kappa shape index (κ1) is 33.1. The zero-order valence-electron chi connectivity index (χ0n) is 26.1. The van der Waals surface area contributed by atoms with E-state index in [1.165, 1.54) is 0 Å². The van der Waals surface area contributed by atoms with E-state index in [1.807, 2.05) is 78.3 Å². The molecule has 2 amide bonds. The van der Waals surface area contributed by atoms with Gasteiger partial charge in [0.05, 0.1) is 25.4 Å². The van der Waals surface area contributed by atoms with Crippen LogP contribution in [0.2, 0.25) is 0 Å². The maximum Gasteiger partial charge on any atom is 0.325 e. The zero-order valence-corrected chi connectivity index (χ0v) is 26.9. The predicted octanol–water partition coefficient (Wildman–Crippen LogP) is 4.92. The van der Waals surface area contributed by atoms with Crippen molar-refractivity contribution in [3.63, 3.8) is 0 Å². The third-order valence-corrected chi connectivity index (χ3v) is 8.86. The molecule has 0 saturated carbocycles. The molecule has 1 aliphatic heterocycles. The van der Waals surface area contributed by atoms with Crippen LogP contribution in [0.5, 0.6) is 0 Å². The fourth-order valence-electron chi connectivity index (χ4n) is 5.20. The second-order valence-electron chi connectivity index (χ2n) is 11.0. The summed E-state index contributed by atoms with van der Waals surface area (Å²) in [5.41, 5.74) is 5.61. The number of urea groups is 1. The number of thioether (sulfide) groups is 1. The molecule has 46 heavy (non-hydrogen) atoms. The number of esters is 1. The van der Waals surface area contributed by atoms with E-state index >= 15 is 0 Å². The molecule has 3 aromatic carbocycles. The van der Waals surface area contributed by atoms with Crippen LogP contribution in [0.3, 0.4) is 0 Å². The first-order valence-electron chi connectivity index (χ1n) is 15.2. The number of rotatable bonds is 12. The van der Waals surface area contributed by atoms with Gasteiger partial charge in [0, 0.05) is 30.8 Å². The first-order valence-corrected chi connectivity index (χ1v) is 16.2. The van der Waals surface area contributed by atoms with Gasteiger partial charge in [0.2, 0.25) is 0 Å². The third kappa shape index (κ3) is 8.52. The van der Waals surface area contributed by atoms with Crippen LogP contribution in [0.4, 0.5) is 4.79 Å². The SMILES string of the molecule is CCOC(=O)CNC(=O)NCc1cccc(-c2cccc([C@@H]3O[C@H](CSc4nncn4C)[C@H](C)[C@H](c4ccc(CO)cc4)O3)c2)c1. The quantitative estimate of drug-likeness (QED) is 0.145. The van der Waals surface area contributed by atoms with Crippen LogP contribution in [-0.4, -0.2) is 56.9 Å². The Labute approximate surface area is 272 Å². The standard InChI is InChI=1S/C34H39N5O6S/c1-4-43-30(41)18-36-33(42)35-17-24-7-5-8-26(15-24)27-9-6-10-28(16-27)32-44-29(20-46-34-38-37-21-39(34)3)22(2)31(45-32)25-13-11-23(19-40)12-14-25/h5-16,21-22,29,31-32,40H,4,17-20H2,1-3H3,(H2,35,36,42)/t22-,29+,31+,32+/m0/s1. The van der Waals surface area contributed by atoms with Gasteiger partial charge in [0.15, 0.2) is 11.4 Å². The summed E-state index contributed by atoms with van der Waals surface area (Å²) < 4.78 is 20.0. The van der Waals surface area contributed by atoms with Crippen molar-refractivity contribution in [1.82, 2.24) is 25.4 Å². The largest absolute Gasteiger partial charge is 0.465 e.